The summed E-state index contributed by atoms with van der Waals surface area (Å²) in [4.78, 5) is 15.0. The van der Waals surface area contributed by atoms with E-state index in [2.05, 4.69) is 4.84 Å². The van der Waals surface area contributed by atoms with Gasteiger partial charge < -0.3 is 16.3 Å². The lowest BCUT2D eigenvalue weighted by atomic mass is 10.0. The molecule has 0 aliphatic heterocycles. The molecule has 6 nitrogen and oxygen atoms in total. The van der Waals surface area contributed by atoms with Crippen LogP contribution in [0, 0.1) is 5.41 Å². The monoisotopic (exact) mass is 222 g/mol. The molecule has 0 spiro atoms. The number of hydrogen-bond donors (Lipinski definition) is 4. The molecule has 86 valence electrons. The number of amidine groups is 1. The number of nitrogens with two attached hydrogens (primary N) is 3. The van der Waals surface area contributed by atoms with Crippen molar-refractivity contribution >= 4 is 11.8 Å². The second kappa shape index (κ2) is 5.24. The van der Waals surface area contributed by atoms with E-state index in [1.54, 1.807) is 24.3 Å². The van der Waals surface area contributed by atoms with Crippen molar-refractivity contribution in [3.63, 3.8) is 0 Å². The van der Waals surface area contributed by atoms with Gasteiger partial charge in [0.05, 0.1) is 0 Å². The number of rotatable bonds is 4. The number of carbonyl (C=O) groups is 1. The molecule has 0 amide bonds. The van der Waals surface area contributed by atoms with E-state index in [9.17, 15) is 4.79 Å². The second-order valence-corrected chi connectivity index (χ2v) is 3.36. The summed E-state index contributed by atoms with van der Waals surface area (Å²) in [5.74, 6) is 4.06. The van der Waals surface area contributed by atoms with Gasteiger partial charge in [0.2, 0.25) is 0 Å². The summed E-state index contributed by atoms with van der Waals surface area (Å²) < 4.78 is 0. The van der Waals surface area contributed by atoms with E-state index >= 15 is 0 Å². The zero-order valence-corrected chi connectivity index (χ0v) is 8.64. The van der Waals surface area contributed by atoms with Crippen LogP contribution in [0.1, 0.15) is 11.1 Å². The van der Waals surface area contributed by atoms with E-state index in [-0.39, 0.29) is 5.84 Å². The number of benzene rings is 1. The minimum absolute atomic E-state index is 0.00258. The molecule has 1 rings (SSSR count). The molecular weight excluding hydrogens is 208 g/mol. The summed E-state index contributed by atoms with van der Waals surface area (Å²) in [6.07, 6.45) is 0.328. The average Bonchev–Trinajstić information content (AvgIpc) is 2.28. The van der Waals surface area contributed by atoms with Crippen LogP contribution >= 0.6 is 0 Å². The predicted octanol–water partition coefficient (Wildman–Crippen LogP) is -0.743. The van der Waals surface area contributed by atoms with E-state index < -0.39 is 12.0 Å². The van der Waals surface area contributed by atoms with E-state index in [0.717, 1.165) is 5.56 Å². The smallest absolute Gasteiger partial charge is 0.341 e. The number of carbonyl (C=O) groups excluding carboxylic acids is 1. The first kappa shape index (κ1) is 12.2. The molecule has 0 aliphatic carbocycles. The van der Waals surface area contributed by atoms with Crippen molar-refractivity contribution in [2.45, 2.75) is 12.5 Å². The Balaban J connectivity index is 2.68. The minimum Gasteiger partial charge on any atom is -0.384 e. The average molecular weight is 222 g/mol. The quantitative estimate of drug-likeness (QED) is 0.303. The van der Waals surface area contributed by atoms with Gasteiger partial charge in [0.25, 0.3) is 0 Å². The summed E-state index contributed by atoms with van der Waals surface area (Å²) in [7, 11) is 0. The number of hydrogen-bond acceptors (Lipinski definition) is 5. The lowest BCUT2D eigenvalue weighted by Gasteiger charge is -2.08. The maximum atomic E-state index is 11.0. The molecule has 0 aromatic heterocycles. The van der Waals surface area contributed by atoms with Gasteiger partial charge in [-0.1, -0.05) is 24.3 Å². The maximum Gasteiger partial charge on any atom is 0.341 e. The summed E-state index contributed by atoms with van der Waals surface area (Å²) in [6.45, 7) is 0. The summed E-state index contributed by atoms with van der Waals surface area (Å²) in [5.41, 5.74) is 12.3. The molecule has 0 unspecified atom stereocenters. The molecular formula is C10H14N4O2. The van der Waals surface area contributed by atoms with Crippen molar-refractivity contribution in [3.05, 3.63) is 35.4 Å². The Kier molecular flexibility index (Phi) is 3.98. The largest absolute Gasteiger partial charge is 0.384 e. The SMILES string of the molecule is N=C(N)c1ccc(C[C@H](N)C(=O)ON)cc1. The third-order valence-corrected chi connectivity index (χ3v) is 2.14. The zero-order valence-electron chi connectivity index (χ0n) is 8.64. The minimum atomic E-state index is -0.784. The molecule has 0 saturated carbocycles. The van der Waals surface area contributed by atoms with Crippen LogP contribution in [0.15, 0.2) is 24.3 Å². The topological polar surface area (TPSA) is 128 Å². The molecule has 1 atom stereocenters. The standard InChI is InChI=1S/C10H14N4O2/c11-8(10(15)16-14)5-6-1-3-7(4-2-6)9(12)13/h1-4,8H,5,11,14H2,(H3,12,13)/t8-/m0/s1. The van der Waals surface area contributed by atoms with Gasteiger partial charge in [-0.3, -0.25) is 5.41 Å². The molecule has 1 aromatic carbocycles. The van der Waals surface area contributed by atoms with Crippen molar-refractivity contribution in [2.24, 2.45) is 17.4 Å². The highest BCUT2D eigenvalue weighted by Crippen LogP contribution is 2.06. The van der Waals surface area contributed by atoms with Crippen molar-refractivity contribution in [1.29, 1.82) is 5.41 Å². The molecule has 0 saturated heterocycles. The molecule has 16 heavy (non-hydrogen) atoms. The molecule has 0 radical (unpaired) electrons. The van der Waals surface area contributed by atoms with Gasteiger partial charge in [-0.25, -0.2) is 4.79 Å². The molecule has 7 N–H and O–H groups in total. The molecule has 0 heterocycles. The molecule has 6 heteroatoms. The van der Waals surface area contributed by atoms with Crippen LogP contribution in [0.3, 0.4) is 0 Å². The molecule has 0 bridgehead atoms. The molecule has 1 aromatic rings. The Morgan fingerprint density at radius 1 is 1.38 bits per heavy atom. The van der Waals surface area contributed by atoms with Crippen LogP contribution in [0.5, 0.6) is 0 Å². The lowest BCUT2D eigenvalue weighted by Crippen LogP contribution is -2.35. The lowest BCUT2D eigenvalue weighted by molar-refractivity contribution is -0.145. The second-order valence-electron chi connectivity index (χ2n) is 3.36. The Morgan fingerprint density at radius 2 is 1.94 bits per heavy atom. The highest BCUT2D eigenvalue weighted by atomic mass is 16.7. The van der Waals surface area contributed by atoms with Crippen molar-refractivity contribution in [3.8, 4) is 0 Å². The van der Waals surface area contributed by atoms with E-state index in [0.29, 0.717) is 12.0 Å². The van der Waals surface area contributed by atoms with Crippen LogP contribution in [-0.2, 0) is 16.1 Å². The van der Waals surface area contributed by atoms with Gasteiger partial charge in [0, 0.05) is 5.56 Å². The van der Waals surface area contributed by atoms with Gasteiger partial charge in [-0.2, -0.15) is 5.90 Å². The van der Waals surface area contributed by atoms with Crippen molar-refractivity contribution in [1.82, 2.24) is 0 Å². The van der Waals surface area contributed by atoms with Crippen molar-refractivity contribution in [2.75, 3.05) is 0 Å². The van der Waals surface area contributed by atoms with Crippen LogP contribution in [0.4, 0.5) is 0 Å². The predicted molar refractivity (Wildman–Crippen MR) is 59.4 cm³/mol. The summed E-state index contributed by atoms with van der Waals surface area (Å²) in [6, 6.07) is 6.10. The van der Waals surface area contributed by atoms with Gasteiger partial charge in [0.15, 0.2) is 0 Å². The number of nitrogens with one attached hydrogen (secondary N) is 1. The van der Waals surface area contributed by atoms with Crippen LogP contribution in [-0.4, -0.2) is 17.8 Å². The van der Waals surface area contributed by atoms with Crippen molar-refractivity contribution < 1.29 is 9.63 Å². The van der Waals surface area contributed by atoms with Crippen LogP contribution in [0.2, 0.25) is 0 Å². The zero-order chi connectivity index (χ0) is 12.1. The van der Waals surface area contributed by atoms with Gasteiger partial charge in [-0.15, -0.1) is 0 Å². The van der Waals surface area contributed by atoms with E-state index in [1.165, 1.54) is 0 Å². The Bertz CT molecular complexity index is 388. The van der Waals surface area contributed by atoms with Gasteiger partial charge in [-0.05, 0) is 12.0 Å². The Labute approximate surface area is 92.8 Å². The highest BCUT2D eigenvalue weighted by molar-refractivity contribution is 5.94. The fraction of sp³-hybridized carbons (Fsp3) is 0.200. The third kappa shape index (κ3) is 3.04. The normalized spacial score (nSPS) is 11.9. The Hall–Kier alpha value is -1.92. The first-order valence-corrected chi connectivity index (χ1v) is 4.64. The Morgan fingerprint density at radius 3 is 2.38 bits per heavy atom. The fourth-order valence-electron chi connectivity index (χ4n) is 1.25. The molecule has 0 aliphatic rings. The van der Waals surface area contributed by atoms with Crippen LogP contribution in [0.25, 0.3) is 0 Å². The number of nitrogen functional groups attached to an aromatic ring is 1. The molecule has 0 fully saturated rings. The fourth-order valence-corrected chi connectivity index (χ4v) is 1.25. The third-order valence-electron chi connectivity index (χ3n) is 2.14. The van der Waals surface area contributed by atoms with Gasteiger partial charge >= 0.3 is 5.97 Å². The summed E-state index contributed by atoms with van der Waals surface area (Å²) >= 11 is 0. The first-order valence-electron chi connectivity index (χ1n) is 4.64. The van der Waals surface area contributed by atoms with Gasteiger partial charge in [0.1, 0.15) is 11.9 Å². The van der Waals surface area contributed by atoms with E-state index in [1.807, 2.05) is 0 Å². The maximum absolute atomic E-state index is 11.0. The van der Waals surface area contributed by atoms with Crippen LogP contribution < -0.4 is 17.4 Å². The summed E-state index contributed by atoms with van der Waals surface area (Å²) in [5, 5.41) is 7.21. The van der Waals surface area contributed by atoms with E-state index in [4.69, 9.17) is 22.8 Å². The first-order chi connectivity index (χ1) is 7.54. The highest BCUT2D eigenvalue weighted by Gasteiger charge is 2.14.